The van der Waals surface area contributed by atoms with E-state index in [-0.39, 0.29) is 12.4 Å². The second-order valence-corrected chi connectivity index (χ2v) is 6.21. The molecule has 1 fully saturated rings. The number of β-amino-alcohol motifs (C(OH)–C–C–N with tert-alkyl or cyclic N) is 1. The maximum Gasteiger partial charge on any atom is 0.141 e. The topological polar surface area (TPSA) is 45.6 Å². The van der Waals surface area contributed by atoms with Crippen LogP contribution in [0.25, 0.3) is 0 Å². The Labute approximate surface area is 135 Å². The zero-order chi connectivity index (χ0) is 16.3. The molecular weight excluding hydrogens is 295 g/mol. The van der Waals surface area contributed by atoms with Crippen molar-refractivity contribution in [1.82, 2.24) is 9.88 Å². The van der Waals surface area contributed by atoms with E-state index in [9.17, 15) is 9.50 Å². The lowest BCUT2D eigenvalue weighted by Gasteiger charge is -2.24. The Bertz CT molecular complexity index is 662. The fourth-order valence-corrected chi connectivity index (χ4v) is 2.85. The molecule has 1 saturated heterocycles. The molecule has 0 spiro atoms. The Kier molecular flexibility index (Phi) is 4.59. The van der Waals surface area contributed by atoms with Crippen molar-refractivity contribution >= 4 is 0 Å². The van der Waals surface area contributed by atoms with Gasteiger partial charge in [-0.3, -0.25) is 9.88 Å². The van der Waals surface area contributed by atoms with Crippen LogP contribution in [0, 0.1) is 12.7 Å². The zero-order valence-electron chi connectivity index (χ0n) is 13.2. The minimum Gasteiger partial charge on any atom is -0.490 e. The Morgan fingerprint density at radius 3 is 2.87 bits per heavy atom. The summed E-state index contributed by atoms with van der Waals surface area (Å²) < 4.78 is 18.7. The Morgan fingerprint density at radius 1 is 1.30 bits per heavy atom. The Morgan fingerprint density at radius 2 is 2.13 bits per heavy atom. The van der Waals surface area contributed by atoms with Crippen molar-refractivity contribution in [3.05, 3.63) is 59.7 Å². The van der Waals surface area contributed by atoms with Crippen LogP contribution in [0.1, 0.15) is 17.7 Å². The van der Waals surface area contributed by atoms with E-state index in [2.05, 4.69) is 9.88 Å². The van der Waals surface area contributed by atoms with Crippen LogP contribution < -0.4 is 4.74 Å². The van der Waals surface area contributed by atoms with Crippen LogP contribution in [0.15, 0.2) is 42.6 Å². The number of likely N-dealkylation sites (tertiary alicyclic amines) is 1. The van der Waals surface area contributed by atoms with E-state index in [1.54, 1.807) is 6.07 Å². The van der Waals surface area contributed by atoms with Gasteiger partial charge in [0, 0.05) is 19.6 Å². The van der Waals surface area contributed by atoms with Gasteiger partial charge in [0.1, 0.15) is 23.8 Å². The van der Waals surface area contributed by atoms with Gasteiger partial charge in [-0.2, -0.15) is 0 Å². The van der Waals surface area contributed by atoms with Crippen molar-refractivity contribution in [1.29, 1.82) is 0 Å². The number of aromatic nitrogens is 1. The van der Waals surface area contributed by atoms with Crippen LogP contribution in [-0.4, -0.2) is 40.3 Å². The minimum atomic E-state index is -0.859. The van der Waals surface area contributed by atoms with Crippen molar-refractivity contribution < 1.29 is 14.2 Å². The first-order valence-corrected chi connectivity index (χ1v) is 7.78. The predicted octanol–water partition coefficient (Wildman–Crippen LogP) is 2.54. The number of para-hydroxylation sites is 1. The average molecular weight is 316 g/mol. The number of rotatable bonds is 5. The summed E-state index contributed by atoms with van der Waals surface area (Å²) in [6, 6.07) is 10.9. The first-order chi connectivity index (χ1) is 11.0. The molecule has 1 aromatic heterocycles. The molecule has 1 atom stereocenters. The summed E-state index contributed by atoms with van der Waals surface area (Å²) >= 11 is 0. The number of halogens is 1. The van der Waals surface area contributed by atoms with Gasteiger partial charge in [-0.1, -0.05) is 18.2 Å². The molecule has 1 N–H and O–H groups in total. The van der Waals surface area contributed by atoms with Crippen molar-refractivity contribution in [3.63, 3.8) is 0 Å². The predicted molar refractivity (Wildman–Crippen MR) is 85.7 cm³/mol. The molecule has 0 amide bonds. The van der Waals surface area contributed by atoms with E-state index in [1.165, 1.54) is 12.3 Å². The molecule has 1 aliphatic heterocycles. The molecule has 0 aliphatic carbocycles. The third-order valence-corrected chi connectivity index (χ3v) is 4.18. The molecule has 2 heterocycles. The number of nitrogens with zero attached hydrogens (tertiary/aromatic N) is 2. The lowest BCUT2D eigenvalue weighted by molar-refractivity contribution is 0.00312. The highest BCUT2D eigenvalue weighted by Gasteiger charge is 2.37. The van der Waals surface area contributed by atoms with E-state index in [0.717, 1.165) is 23.6 Å². The van der Waals surface area contributed by atoms with Crippen molar-refractivity contribution in [3.8, 4) is 5.75 Å². The first kappa shape index (κ1) is 15.9. The number of aliphatic hydroxyl groups is 1. The highest BCUT2D eigenvalue weighted by Crippen LogP contribution is 2.25. The van der Waals surface area contributed by atoms with Gasteiger partial charge in [0.15, 0.2) is 0 Å². The lowest BCUT2D eigenvalue weighted by Crippen LogP contribution is -2.39. The molecular formula is C18H21FN2O2. The highest BCUT2D eigenvalue weighted by molar-refractivity contribution is 5.31. The molecule has 122 valence electrons. The van der Waals surface area contributed by atoms with Crippen molar-refractivity contribution in [2.75, 3.05) is 19.7 Å². The summed E-state index contributed by atoms with van der Waals surface area (Å²) in [5, 5.41) is 10.7. The zero-order valence-corrected chi connectivity index (χ0v) is 13.2. The number of pyridine rings is 1. The van der Waals surface area contributed by atoms with E-state index in [1.807, 2.05) is 31.2 Å². The van der Waals surface area contributed by atoms with Crippen LogP contribution in [0.3, 0.4) is 0 Å². The highest BCUT2D eigenvalue weighted by atomic mass is 19.1. The van der Waals surface area contributed by atoms with E-state index in [0.29, 0.717) is 19.5 Å². The molecule has 5 heteroatoms. The van der Waals surface area contributed by atoms with E-state index >= 15 is 0 Å². The third-order valence-electron chi connectivity index (χ3n) is 4.18. The van der Waals surface area contributed by atoms with Crippen LogP contribution in [0.5, 0.6) is 5.75 Å². The summed E-state index contributed by atoms with van der Waals surface area (Å²) in [5.74, 6) is 0.470. The number of aryl methyl sites for hydroxylation is 1. The maximum absolute atomic E-state index is 12.9. The molecule has 0 bridgehead atoms. The Hall–Kier alpha value is -1.98. The summed E-state index contributed by atoms with van der Waals surface area (Å²) in [5.41, 5.74) is 0.999. The third kappa shape index (κ3) is 4.06. The molecule has 4 nitrogen and oxygen atoms in total. The second kappa shape index (κ2) is 6.64. The summed E-state index contributed by atoms with van der Waals surface area (Å²) in [6.07, 6.45) is 1.87. The monoisotopic (exact) mass is 316 g/mol. The quantitative estimate of drug-likeness (QED) is 0.921. The number of benzene rings is 1. The largest absolute Gasteiger partial charge is 0.490 e. The fourth-order valence-electron chi connectivity index (χ4n) is 2.85. The lowest BCUT2D eigenvalue weighted by atomic mass is 10.1. The number of hydrogen-bond acceptors (Lipinski definition) is 4. The van der Waals surface area contributed by atoms with Crippen molar-refractivity contribution in [2.24, 2.45) is 0 Å². The molecule has 23 heavy (non-hydrogen) atoms. The number of hydrogen-bond donors (Lipinski definition) is 1. The maximum atomic E-state index is 12.9. The number of ether oxygens (including phenoxy) is 1. The van der Waals surface area contributed by atoms with E-state index in [4.69, 9.17) is 4.74 Å². The first-order valence-electron chi connectivity index (χ1n) is 7.78. The van der Waals surface area contributed by atoms with Gasteiger partial charge in [0.25, 0.3) is 0 Å². The van der Waals surface area contributed by atoms with Crippen LogP contribution in [0.4, 0.5) is 4.39 Å². The average Bonchev–Trinajstić information content (AvgIpc) is 2.90. The normalized spacial score (nSPS) is 21.5. The minimum absolute atomic E-state index is 0.269. The molecule has 0 saturated carbocycles. The smallest absolute Gasteiger partial charge is 0.141 e. The second-order valence-electron chi connectivity index (χ2n) is 6.21. The fraction of sp³-hybridized carbons (Fsp3) is 0.389. The van der Waals surface area contributed by atoms with Gasteiger partial charge >= 0.3 is 0 Å². The van der Waals surface area contributed by atoms with Crippen LogP contribution >= 0.6 is 0 Å². The van der Waals surface area contributed by atoms with Crippen molar-refractivity contribution in [2.45, 2.75) is 25.5 Å². The van der Waals surface area contributed by atoms with E-state index < -0.39 is 5.60 Å². The SMILES string of the molecule is Cc1ccccc1OC[C@]1(O)CCN(Cc2ccc(F)cn2)C1. The van der Waals surface area contributed by atoms with Gasteiger partial charge in [-0.05, 0) is 37.1 Å². The summed E-state index contributed by atoms with van der Waals surface area (Å²) in [6.45, 7) is 4.16. The standard InChI is InChI=1S/C18H21FN2O2/c1-14-4-2-3-5-17(14)23-13-18(22)8-9-21(12-18)11-16-7-6-15(19)10-20-16/h2-7,10,22H,8-9,11-13H2,1H3/t18-/m0/s1. The van der Waals surface area contributed by atoms with Gasteiger partial charge in [-0.15, -0.1) is 0 Å². The Balaban J connectivity index is 1.55. The molecule has 3 rings (SSSR count). The molecule has 0 radical (unpaired) electrons. The molecule has 1 aromatic carbocycles. The van der Waals surface area contributed by atoms with Gasteiger partial charge < -0.3 is 9.84 Å². The van der Waals surface area contributed by atoms with Gasteiger partial charge in [0.05, 0.1) is 11.9 Å². The van der Waals surface area contributed by atoms with Crippen LogP contribution in [-0.2, 0) is 6.54 Å². The molecule has 1 aliphatic rings. The van der Waals surface area contributed by atoms with Gasteiger partial charge in [-0.25, -0.2) is 4.39 Å². The molecule has 2 aromatic rings. The van der Waals surface area contributed by atoms with Crippen LogP contribution in [0.2, 0.25) is 0 Å². The molecule has 0 unspecified atom stereocenters. The summed E-state index contributed by atoms with van der Waals surface area (Å²) in [7, 11) is 0. The summed E-state index contributed by atoms with van der Waals surface area (Å²) in [4.78, 5) is 6.18. The van der Waals surface area contributed by atoms with Gasteiger partial charge in [0.2, 0.25) is 0 Å².